The zero-order valence-electron chi connectivity index (χ0n) is 18.4. The minimum absolute atomic E-state index is 0.00646. The van der Waals surface area contributed by atoms with E-state index in [1.165, 1.54) is 12.1 Å². The van der Waals surface area contributed by atoms with Crippen molar-refractivity contribution in [3.63, 3.8) is 0 Å². The monoisotopic (exact) mass is 445 g/mol. The number of nitrogens with zero attached hydrogens (tertiary/aromatic N) is 1. The third kappa shape index (κ3) is 2.88. The molecule has 0 bridgehead atoms. The Bertz CT molecular complexity index is 1390. The van der Waals surface area contributed by atoms with Crippen molar-refractivity contribution in [2.24, 2.45) is 5.92 Å². The van der Waals surface area contributed by atoms with E-state index in [2.05, 4.69) is 27.1 Å². The molecule has 1 aromatic carbocycles. The molecule has 0 saturated carbocycles. The Labute approximate surface area is 190 Å². The predicted octanol–water partition coefficient (Wildman–Crippen LogP) is 5.25. The molecule has 0 amide bonds. The minimum Gasteiger partial charge on any atom is -0.494 e. The van der Waals surface area contributed by atoms with E-state index in [0.29, 0.717) is 28.9 Å². The van der Waals surface area contributed by atoms with Crippen molar-refractivity contribution in [3.8, 4) is 11.3 Å². The number of morpholine rings is 1. The van der Waals surface area contributed by atoms with E-state index in [1.807, 2.05) is 32.1 Å². The van der Waals surface area contributed by atoms with Crippen LogP contribution in [0.3, 0.4) is 0 Å². The van der Waals surface area contributed by atoms with Gasteiger partial charge >= 0.3 is 5.97 Å². The second kappa shape index (κ2) is 7.13. The van der Waals surface area contributed by atoms with Crippen molar-refractivity contribution in [2.75, 3.05) is 13.2 Å². The first kappa shape index (κ1) is 19.9. The molecule has 1 fully saturated rings. The standard InChI is InChI=1S/C26H24FN3O3/c1-13(2)21-22(16-3-4-20-25-17(16)6-8-30(25)9-10-33-20)24(26(31)32)29-23(21)18-11-14(27)12-19-15(18)5-7-28-19/h3-8,11-13,17,25,28-29H,9-10H2,1-2H3,(H,31,32). The number of carboxylic acids is 1. The van der Waals surface area contributed by atoms with Crippen molar-refractivity contribution >= 4 is 22.4 Å². The maximum atomic E-state index is 14.5. The number of aromatic carboxylic acids is 1. The minimum atomic E-state index is -1.03. The number of carboxylic acid groups (broad SMARTS) is 1. The number of aromatic amines is 2. The van der Waals surface area contributed by atoms with Gasteiger partial charge in [0.2, 0.25) is 0 Å². The summed E-state index contributed by atoms with van der Waals surface area (Å²) in [7, 11) is 0. The largest absolute Gasteiger partial charge is 0.494 e. The Morgan fingerprint density at radius 2 is 2.15 bits per heavy atom. The van der Waals surface area contributed by atoms with Gasteiger partial charge in [-0.1, -0.05) is 26.0 Å². The predicted molar refractivity (Wildman–Crippen MR) is 124 cm³/mol. The molecule has 7 heteroatoms. The van der Waals surface area contributed by atoms with Gasteiger partial charge in [0.25, 0.3) is 0 Å². The summed E-state index contributed by atoms with van der Waals surface area (Å²) in [5.41, 5.74) is 4.62. The highest BCUT2D eigenvalue weighted by atomic mass is 19.1. The van der Waals surface area contributed by atoms with Gasteiger partial charge in [0.1, 0.15) is 23.9 Å². The van der Waals surface area contributed by atoms with Crippen molar-refractivity contribution in [3.05, 3.63) is 77.2 Å². The van der Waals surface area contributed by atoms with Crippen LogP contribution in [0.15, 0.2) is 54.6 Å². The fraction of sp³-hybridized carbons (Fsp3) is 0.269. The molecule has 2 aliphatic heterocycles. The first-order chi connectivity index (χ1) is 15.9. The number of ether oxygens (including phenoxy) is 1. The van der Waals surface area contributed by atoms with Gasteiger partial charge in [0.15, 0.2) is 0 Å². The molecule has 3 aromatic rings. The Kier molecular flexibility index (Phi) is 4.30. The van der Waals surface area contributed by atoms with Gasteiger partial charge in [0, 0.05) is 34.1 Å². The van der Waals surface area contributed by atoms with Crippen molar-refractivity contribution in [2.45, 2.75) is 25.8 Å². The van der Waals surface area contributed by atoms with Crippen LogP contribution < -0.4 is 0 Å². The highest BCUT2D eigenvalue weighted by molar-refractivity contribution is 6.01. The molecular formula is C26H24FN3O3. The summed E-state index contributed by atoms with van der Waals surface area (Å²) in [6, 6.07) is 4.86. The molecule has 1 saturated heterocycles. The van der Waals surface area contributed by atoms with Crippen LogP contribution in [-0.4, -0.2) is 45.1 Å². The second-order valence-corrected chi connectivity index (χ2v) is 9.11. The number of rotatable bonds is 4. The van der Waals surface area contributed by atoms with E-state index in [1.54, 1.807) is 6.20 Å². The van der Waals surface area contributed by atoms with Crippen LogP contribution in [0.1, 0.15) is 41.4 Å². The molecule has 3 aliphatic rings. The molecule has 2 unspecified atom stereocenters. The van der Waals surface area contributed by atoms with Crippen LogP contribution in [0.2, 0.25) is 0 Å². The lowest BCUT2D eigenvalue weighted by molar-refractivity contribution is 0.0690. The number of H-pyrrole nitrogens is 2. The molecule has 6 rings (SSSR count). The van der Waals surface area contributed by atoms with Crippen LogP contribution in [0.25, 0.3) is 27.7 Å². The number of hydrogen-bond acceptors (Lipinski definition) is 3. The molecule has 0 radical (unpaired) electrons. The van der Waals surface area contributed by atoms with Crippen LogP contribution in [0.4, 0.5) is 4.39 Å². The van der Waals surface area contributed by atoms with Crippen LogP contribution in [0.5, 0.6) is 0 Å². The molecule has 33 heavy (non-hydrogen) atoms. The van der Waals surface area contributed by atoms with Gasteiger partial charge < -0.3 is 24.7 Å². The fourth-order valence-electron chi connectivity index (χ4n) is 5.57. The zero-order valence-corrected chi connectivity index (χ0v) is 18.4. The van der Waals surface area contributed by atoms with Gasteiger partial charge in [-0.05, 0) is 47.5 Å². The summed E-state index contributed by atoms with van der Waals surface area (Å²) >= 11 is 0. The van der Waals surface area contributed by atoms with Gasteiger partial charge in [-0.3, -0.25) is 0 Å². The third-order valence-corrected chi connectivity index (χ3v) is 6.90. The van der Waals surface area contributed by atoms with E-state index in [-0.39, 0.29) is 29.4 Å². The lowest BCUT2D eigenvalue weighted by Gasteiger charge is -2.38. The normalized spacial score (nSPS) is 21.3. The fourth-order valence-corrected chi connectivity index (χ4v) is 5.57. The first-order valence-electron chi connectivity index (χ1n) is 11.2. The number of aromatic nitrogens is 2. The first-order valence-corrected chi connectivity index (χ1v) is 11.2. The highest BCUT2D eigenvalue weighted by Crippen LogP contribution is 2.47. The molecule has 4 heterocycles. The summed E-state index contributed by atoms with van der Waals surface area (Å²) < 4.78 is 20.4. The molecule has 6 nitrogen and oxygen atoms in total. The third-order valence-electron chi connectivity index (χ3n) is 6.90. The highest BCUT2D eigenvalue weighted by Gasteiger charge is 2.42. The van der Waals surface area contributed by atoms with E-state index in [4.69, 9.17) is 4.74 Å². The van der Waals surface area contributed by atoms with Gasteiger partial charge in [0.05, 0.1) is 18.3 Å². The summed E-state index contributed by atoms with van der Waals surface area (Å²) in [6.07, 6.45) is 9.93. The second-order valence-electron chi connectivity index (χ2n) is 9.11. The summed E-state index contributed by atoms with van der Waals surface area (Å²) in [4.78, 5) is 20.9. The van der Waals surface area contributed by atoms with E-state index in [0.717, 1.165) is 28.8 Å². The molecule has 3 N–H and O–H groups in total. The molecule has 2 aromatic heterocycles. The van der Waals surface area contributed by atoms with Crippen molar-refractivity contribution in [1.29, 1.82) is 0 Å². The van der Waals surface area contributed by atoms with E-state index in [9.17, 15) is 14.3 Å². The average Bonchev–Trinajstić information content (AvgIpc) is 3.51. The quantitative estimate of drug-likeness (QED) is 0.512. The van der Waals surface area contributed by atoms with Crippen molar-refractivity contribution < 1.29 is 19.0 Å². The van der Waals surface area contributed by atoms with Gasteiger partial charge in [-0.15, -0.1) is 0 Å². The number of halogens is 1. The Balaban J connectivity index is 1.62. The van der Waals surface area contributed by atoms with Crippen LogP contribution >= 0.6 is 0 Å². The molecule has 168 valence electrons. The maximum absolute atomic E-state index is 14.5. The average molecular weight is 445 g/mol. The lowest BCUT2D eigenvalue weighted by atomic mass is 9.79. The Hall–Kier alpha value is -3.74. The smallest absolute Gasteiger partial charge is 0.352 e. The number of fused-ring (bicyclic) bond motifs is 1. The van der Waals surface area contributed by atoms with Crippen molar-refractivity contribution in [1.82, 2.24) is 14.9 Å². The SMILES string of the molecule is CC(C)c1c(-c2cc(F)cc3[nH]ccc23)[nH]c(C(=O)O)c1C1=CC=C2OCCN3C=CC1C23. The van der Waals surface area contributed by atoms with Crippen LogP contribution in [-0.2, 0) is 4.74 Å². The number of benzene rings is 1. The van der Waals surface area contributed by atoms with E-state index < -0.39 is 5.97 Å². The molecule has 0 spiro atoms. The molecule has 1 aliphatic carbocycles. The number of allylic oxidation sites excluding steroid dienone is 2. The number of carbonyl (C=O) groups is 1. The Morgan fingerprint density at radius 3 is 2.94 bits per heavy atom. The molecule has 2 atom stereocenters. The van der Waals surface area contributed by atoms with E-state index >= 15 is 0 Å². The van der Waals surface area contributed by atoms with Gasteiger partial charge in [-0.25, -0.2) is 9.18 Å². The number of nitrogens with one attached hydrogen (secondary N) is 2. The van der Waals surface area contributed by atoms with Crippen LogP contribution in [0, 0.1) is 11.7 Å². The maximum Gasteiger partial charge on any atom is 0.352 e. The topological polar surface area (TPSA) is 81.3 Å². The Morgan fingerprint density at radius 1 is 1.30 bits per heavy atom. The molecular weight excluding hydrogens is 421 g/mol. The lowest BCUT2D eigenvalue weighted by Crippen LogP contribution is -2.42. The number of hydrogen-bond donors (Lipinski definition) is 3. The summed E-state index contributed by atoms with van der Waals surface area (Å²) in [5, 5.41) is 11.0. The summed E-state index contributed by atoms with van der Waals surface area (Å²) in [5.74, 6) is -0.496. The zero-order chi connectivity index (χ0) is 22.9. The summed E-state index contributed by atoms with van der Waals surface area (Å²) in [6.45, 7) is 5.53. The van der Waals surface area contributed by atoms with Gasteiger partial charge in [-0.2, -0.15) is 0 Å².